The number of rotatable bonds is 5. The van der Waals surface area contributed by atoms with E-state index in [1.165, 1.54) is 12.8 Å². The van der Waals surface area contributed by atoms with Gasteiger partial charge in [0.15, 0.2) is 5.11 Å². The fourth-order valence-corrected chi connectivity index (χ4v) is 1.46. The minimum Gasteiger partial charge on any atom is -0.360 e. The Hall–Kier alpha value is -0.840. The van der Waals surface area contributed by atoms with Gasteiger partial charge in [-0.15, -0.1) is 0 Å². The Balaban J connectivity index is 2.17. The van der Waals surface area contributed by atoms with Crippen molar-refractivity contribution in [3.8, 4) is 0 Å². The minimum atomic E-state index is -0.268. The molecule has 0 aromatic heterocycles. The van der Waals surface area contributed by atoms with Crippen molar-refractivity contribution >= 4 is 23.2 Å². The molecule has 15 heavy (non-hydrogen) atoms. The third-order valence-corrected chi connectivity index (χ3v) is 2.44. The fraction of sp³-hybridized carbons (Fsp3) is 0.800. The second-order valence-corrected chi connectivity index (χ2v) is 4.31. The van der Waals surface area contributed by atoms with Crippen LogP contribution in [0.3, 0.4) is 0 Å². The average Bonchev–Trinajstić information content (AvgIpc) is 2.97. The Kier molecular flexibility index (Phi) is 4.81. The van der Waals surface area contributed by atoms with Gasteiger partial charge in [-0.3, -0.25) is 4.79 Å². The molecule has 1 aliphatic rings. The second kappa shape index (κ2) is 5.90. The average molecular weight is 229 g/mol. The van der Waals surface area contributed by atoms with Crippen LogP contribution >= 0.6 is 12.2 Å². The second-order valence-electron chi connectivity index (χ2n) is 3.90. The maximum absolute atomic E-state index is 11.5. The zero-order chi connectivity index (χ0) is 11.3. The number of hydrogen-bond donors (Lipinski definition) is 3. The molecule has 1 fully saturated rings. The molecular formula is C10H19N3OS. The summed E-state index contributed by atoms with van der Waals surface area (Å²) in [6.45, 7) is 4.55. The van der Waals surface area contributed by atoms with Crippen molar-refractivity contribution in [3.05, 3.63) is 0 Å². The number of thiocarbonyl (C=S) groups is 1. The molecule has 5 heteroatoms. The first-order chi connectivity index (χ1) is 7.13. The third kappa shape index (κ3) is 4.97. The third-order valence-electron chi connectivity index (χ3n) is 2.20. The normalized spacial score (nSPS) is 16.7. The van der Waals surface area contributed by atoms with Crippen LogP contribution in [0.25, 0.3) is 0 Å². The summed E-state index contributed by atoms with van der Waals surface area (Å²) < 4.78 is 0. The molecule has 0 aromatic rings. The van der Waals surface area contributed by atoms with Crippen LogP contribution in [0.4, 0.5) is 0 Å². The van der Waals surface area contributed by atoms with Crippen molar-refractivity contribution in [2.75, 3.05) is 6.54 Å². The molecule has 0 aromatic carbocycles. The summed E-state index contributed by atoms with van der Waals surface area (Å²) in [7, 11) is 0. The predicted molar refractivity (Wildman–Crippen MR) is 64.7 cm³/mol. The van der Waals surface area contributed by atoms with Crippen LogP contribution in [0.1, 0.15) is 33.1 Å². The highest BCUT2D eigenvalue weighted by atomic mass is 32.1. The molecule has 1 rings (SSSR count). The highest BCUT2D eigenvalue weighted by Crippen LogP contribution is 2.18. The summed E-state index contributed by atoms with van der Waals surface area (Å²) in [6.07, 6.45) is 3.31. The van der Waals surface area contributed by atoms with Gasteiger partial charge in [0.25, 0.3) is 0 Å². The summed E-state index contributed by atoms with van der Waals surface area (Å²) in [5.41, 5.74) is 0. The lowest BCUT2D eigenvalue weighted by Crippen LogP contribution is -2.48. The van der Waals surface area contributed by atoms with Gasteiger partial charge in [-0.2, -0.15) is 0 Å². The van der Waals surface area contributed by atoms with E-state index in [0.29, 0.717) is 17.7 Å². The molecule has 0 bridgehead atoms. The monoisotopic (exact) mass is 229 g/mol. The first-order valence-electron chi connectivity index (χ1n) is 5.48. The Morgan fingerprint density at radius 2 is 2.20 bits per heavy atom. The van der Waals surface area contributed by atoms with E-state index in [9.17, 15) is 4.79 Å². The van der Waals surface area contributed by atoms with Crippen molar-refractivity contribution in [1.29, 1.82) is 0 Å². The van der Waals surface area contributed by atoms with Gasteiger partial charge in [0.2, 0.25) is 5.91 Å². The van der Waals surface area contributed by atoms with Crippen LogP contribution in [-0.4, -0.2) is 29.6 Å². The molecule has 0 aliphatic heterocycles. The van der Waals surface area contributed by atoms with Gasteiger partial charge >= 0.3 is 0 Å². The summed E-state index contributed by atoms with van der Waals surface area (Å²) in [4.78, 5) is 11.5. The SMILES string of the molecule is CCCNC(=O)C(C)NC(=S)NC1CC1. The molecule has 0 radical (unpaired) electrons. The molecule has 1 saturated carbocycles. The minimum absolute atomic E-state index is 0.00297. The van der Waals surface area contributed by atoms with Crippen molar-refractivity contribution in [3.63, 3.8) is 0 Å². The quantitative estimate of drug-likeness (QED) is 0.602. The van der Waals surface area contributed by atoms with E-state index in [0.717, 1.165) is 6.42 Å². The number of nitrogens with one attached hydrogen (secondary N) is 3. The van der Waals surface area contributed by atoms with Gasteiger partial charge in [0.1, 0.15) is 6.04 Å². The summed E-state index contributed by atoms with van der Waals surface area (Å²) in [6, 6.07) is 0.256. The Bertz CT molecular complexity index is 241. The van der Waals surface area contributed by atoms with Crippen molar-refractivity contribution in [2.24, 2.45) is 0 Å². The van der Waals surface area contributed by atoms with Gasteiger partial charge in [0, 0.05) is 12.6 Å². The van der Waals surface area contributed by atoms with E-state index in [2.05, 4.69) is 16.0 Å². The maximum atomic E-state index is 11.5. The summed E-state index contributed by atoms with van der Waals surface area (Å²) in [5.74, 6) is -0.00297. The first kappa shape index (κ1) is 12.2. The van der Waals surface area contributed by atoms with E-state index < -0.39 is 0 Å². The standard InChI is InChI=1S/C10H19N3OS/c1-3-6-11-9(14)7(2)12-10(15)13-8-4-5-8/h7-8H,3-6H2,1-2H3,(H,11,14)(H2,12,13,15). The van der Waals surface area contributed by atoms with E-state index in [4.69, 9.17) is 12.2 Å². The van der Waals surface area contributed by atoms with Crippen molar-refractivity contribution in [2.45, 2.75) is 45.2 Å². The Morgan fingerprint density at radius 3 is 2.73 bits per heavy atom. The van der Waals surface area contributed by atoms with E-state index in [1.807, 2.05) is 13.8 Å². The molecule has 1 atom stereocenters. The smallest absolute Gasteiger partial charge is 0.242 e. The molecule has 86 valence electrons. The lowest BCUT2D eigenvalue weighted by Gasteiger charge is -2.16. The molecule has 0 heterocycles. The van der Waals surface area contributed by atoms with Gasteiger partial charge in [-0.25, -0.2) is 0 Å². The van der Waals surface area contributed by atoms with Gasteiger partial charge < -0.3 is 16.0 Å². The van der Waals surface area contributed by atoms with Gasteiger partial charge in [0.05, 0.1) is 0 Å². The predicted octanol–water partition coefficient (Wildman–Crippen LogP) is 0.528. The first-order valence-corrected chi connectivity index (χ1v) is 5.89. The van der Waals surface area contributed by atoms with E-state index >= 15 is 0 Å². The summed E-state index contributed by atoms with van der Waals surface area (Å²) >= 11 is 5.08. The maximum Gasteiger partial charge on any atom is 0.242 e. The fourth-order valence-electron chi connectivity index (χ4n) is 1.12. The van der Waals surface area contributed by atoms with Gasteiger partial charge in [-0.1, -0.05) is 6.92 Å². The zero-order valence-corrected chi connectivity index (χ0v) is 10.1. The van der Waals surface area contributed by atoms with E-state index in [1.54, 1.807) is 0 Å². The lowest BCUT2D eigenvalue weighted by molar-refractivity contribution is -0.122. The van der Waals surface area contributed by atoms with Crippen LogP contribution < -0.4 is 16.0 Å². The lowest BCUT2D eigenvalue weighted by atomic mass is 10.3. The highest BCUT2D eigenvalue weighted by molar-refractivity contribution is 7.80. The Morgan fingerprint density at radius 1 is 1.53 bits per heavy atom. The van der Waals surface area contributed by atoms with Crippen LogP contribution in [0.5, 0.6) is 0 Å². The Labute approximate surface area is 96.2 Å². The highest BCUT2D eigenvalue weighted by Gasteiger charge is 2.22. The molecule has 4 nitrogen and oxygen atoms in total. The van der Waals surface area contributed by atoms with E-state index in [-0.39, 0.29) is 11.9 Å². The molecule has 1 aliphatic carbocycles. The molecule has 0 spiro atoms. The number of carbonyl (C=O) groups excluding carboxylic acids is 1. The largest absolute Gasteiger partial charge is 0.360 e. The number of carbonyl (C=O) groups is 1. The van der Waals surface area contributed by atoms with Crippen LogP contribution in [-0.2, 0) is 4.79 Å². The van der Waals surface area contributed by atoms with Gasteiger partial charge in [-0.05, 0) is 38.4 Å². The van der Waals surface area contributed by atoms with Crippen molar-refractivity contribution < 1.29 is 4.79 Å². The molecule has 3 N–H and O–H groups in total. The van der Waals surface area contributed by atoms with Crippen molar-refractivity contribution in [1.82, 2.24) is 16.0 Å². The number of amides is 1. The van der Waals surface area contributed by atoms with Crippen LogP contribution in [0.2, 0.25) is 0 Å². The number of hydrogen-bond acceptors (Lipinski definition) is 2. The molecule has 1 unspecified atom stereocenters. The van der Waals surface area contributed by atoms with Crippen LogP contribution in [0, 0.1) is 0 Å². The van der Waals surface area contributed by atoms with Crippen LogP contribution in [0.15, 0.2) is 0 Å². The summed E-state index contributed by atoms with van der Waals surface area (Å²) in [5, 5.41) is 9.50. The molecule has 0 saturated heterocycles. The molecule has 1 amide bonds. The molecular weight excluding hydrogens is 210 g/mol. The zero-order valence-electron chi connectivity index (χ0n) is 9.30. The topological polar surface area (TPSA) is 53.2 Å².